The van der Waals surface area contributed by atoms with Gasteiger partial charge in [-0.3, -0.25) is 14.4 Å². The van der Waals surface area contributed by atoms with Crippen LogP contribution in [0.2, 0.25) is 5.02 Å². The van der Waals surface area contributed by atoms with E-state index in [0.717, 1.165) is 21.5 Å². The molecule has 1 aromatic heterocycles. The van der Waals surface area contributed by atoms with Crippen LogP contribution in [0.25, 0.3) is 10.9 Å². The Hall–Kier alpha value is -2.87. The molecular weight excluding hydrogens is 394 g/mol. The quantitative estimate of drug-likeness (QED) is 0.517. The first-order valence-corrected chi connectivity index (χ1v) is 9.39. The van der Waals surface area contributed by atoms with Crippen molar-refractivity contribution in [2.45, 2.75) is 18.6 Å². The largest absolute Gasteiger partial charge is 0.381 e. The molecule has 0 aliphatic rings. The monoisotopic (exact) mass is 415 g/mol. The smallest absolute Gasteiger partial charge is 0.276 e. The summed E-state index contributed by atoms with van der Waals surface area (Å²) in [6, 6.07) is 15.4. The number of aliphatic hydroxyl groups excluding tert-OH is 1. The van der Waals surface area contributed by atoms with E-state index >= 15 is 0 Å². The number of benzene rings is 2. The topological polar surface area (TPSA) is 94.7 Å². The highest BCUT2D eigenvalue weighted by atomic mass is 35.5. The van der Waals surface area contributed by atoms with Crippen LogP contribution in [0.15, 0.2) is 54.6 Å². The summed E-state index contributed by atoms with van der Waals surface area (Å²) in [6.07, 6.45) is -1.22. The molecule has 3 rings (SSSR count). The van der Waals surface area contributed by atoms with Crippen molar-refractivity contribution in [3.05, 3.63) is 70.9 Å². The van der Waals surface area contributed by atoms with E-state index in [0.29, 0.717) is 10.7 Å². The Labute approximate surface area is 173 Å². The Morgan fingerprint density at radius 2 is 1.93 bits per heavy atom. The van der Waals surface area contributed by atoms with Gasteiger partial charge in [0.1, 0.15) is 5.69 Å². The summed E-state index contributed by atoms with van der Waals surface area (Å²) in [7, 11) is 2.72. The van der Waals surface area contributed by atoms with Crippen LogP contribution in [-0.2, 0) is 16.1 Å². The van der Waals surface area contributed by atoms with Gasteiger partial charge in [-0.1, -0.05) is 41.9 Å². The Morgan fingerprint density at radius 1 is 1.21 bits per heavy atom. The number of aromatic amines is 1. The fourth-order valence-corrected chi connectivity index (χ4v) is 3.21. The highest BCUT2D eigenvalue weighted by Gasteiger charge is 2.31. The van der Waals surface area contributed by atoms with Gasteiger partial charge in [0.05, 0.1) is 13.2 Å². The number of hydrogen-bond donors (Lipinski definition) is 3. The molecule has 1 unspecified atom stereocenters. The summed E-state index contributed by atoms with van der Waals surface area (Å²) in [5.41, 5.74) is 1.93. The number of nitrogens with zero attached hydrogens (tertiary/aromatic N) is 1. The third kappa shape index (κ3) is 4.95. The molecule has 2 atom stereocenters. The van der Waals surface area contributed by atoms with Crippen molar-refractivity contribution >= 4 is 34.3 Å². The number of halogens is 1. The van der Waals surface area contributed by atoms with Crippen LogP contribution < -0.4 is 5.32 Å². The standard InChI is InChI=1S/C21H22ClN3O4/c1-25(29-2)21(28)19(26)17(10-13-6-4-3-5-7-13)24-20(27)18-12-14-11-15(22)8-9-16(14)23-18/h3-9,11-12,17,19,23,26H,10H2,1-2H3,(H,24,27)/t17?,19-/m1/s1. The number of fused-ring (bicyclic) bond motifs is 1. The van der Waals surface area contributed by atoms with E-state index in [1.54, 1.807) is 24.3 Å². The van der Waals surface area contributed by atoms with E-state index in [9.17, 15) is 14.7 Å². The number of carbonyl (C=O) groups is 2. The van der Waals surface area contributed by atoms with Crippen molar-refractivity contribution in [1.29, 1.82) is 0 Å². The molecule has 1 heterocycles. The number of likely N-dealkylation sites (N-methyl/N-ethyl adjacent to an activating group) is 1. The van der Waals surface area contributed by atoms with Gasteiger partial charge in [0.2, 0.25) is 0 Å². The molecule has 0 saturated carbocycles. The molecular formula is C21H22ClN3O4. The van der Waals surface area contributed by atoms with Crippen LogP contribution in [0.5, 0.6) is 0 Å². The Kier molecular flexibility index (Phi) is 6.53. The fourth-order valence-electron chi connectivity index (χ4n) is 3.03. The maximum atomic E-state index is 12.8. The lowest BCUT2D eigenvalue weighted by atomic mass is 10.0. The summed E-state index contributed by atoms with van der Waals surface area (Å²) in [5, 5.41) is 15.6. The number of H-pyrrole nitrogens is 1. The molecule has 0 aliphatic carbocycles. The zero-order chi connectivity index (χ0) is 21.0. The van der Waals surface area contributed by atoms with Crippen LogP contribution in [0.1, 0.15) is 16.1 Å². The Balaban J connectivity index is 1.84. The average Bonchev–Trinajstić information content (AvgIpc) is 3.15. The second-order valence-corrected chi connectivity index (χ2v) is 7.08. The van der Waals surface area contributed by atoms with Gasteiger partial charge in [0.15, 0.2) is 6.10 Å². The van der Waals surface area contributed by atoms with Crippen LogP contribution in [0.4, 0.5) is 0 Å². The minimum absolute atomic E-state index is 0.267. The van der Waals surface area contributed by atoms with Gasteiger partial charge in [0.25, 0.3) is 11.8 Å². The normalized spacial score (nSPS) is 13.1. The minimum atomic E-state index is -1.48. The SMILES string of the molecule is CON(C)C(=O)[C@H](O)C(Cc1ccccc1)NC(=O)c1cc2cc(Cl)ccc2[nH]1. The van der Waals surface area contributed by atoms with Crippen molar-refractivity contribution in [2.24, 2.45) is 0 Å². The number of carbonyl (C=O) groups excluding carboxylic acids is 2. The van der Waals surface area contributed by atoms with Gasteiger partial charge in [-0.25, -0.2) is 5.06 Å². The van der Waals surface area contributed by atoms with Crippen molar-refractivity contribution < 1.29 is 19.5 Å². The van der Waals surface area contributed by atoms with E-state index < -0.39 is 24.0 Å². The highest BCUT2D eigenvalue weighted by molar-refractivity contribution is 6.31. The Morgan fingerprint density at radius 3 is 2.62 bits per heavy atom. The molecule has 2 aromatic carbocycles. The predicted octanol–water partition coefficient (Wildman–Crippen LogP) is 2.54. The molecule has 3 N–H and O–H groups in total. The summed E-state index contributed by atoms with van der Waals surface area (Å²) in [5.74, 6) is -1.10. The second kappa shape index (κ2) is 9.09. The van der Waals surface area contributed by atoms with E-state index in [2.05, 4.69) is 10.3 Å². The lowest BCUT2D eigenvalue weighted by molar-refractivity contribution is -0.179. The molecule has 0 radical (unpaired) electrons. The highest BCUT2D eigenvalue weighted by Crippen LogP contribution is 2.20. The van der Waals surface area contributed by atoms with Crippen molar-refractivity contribution in [3.63, 3.8) is 0 Å². The first kappa shape index (κ1) is 20.9. The van der Waals surface area contributed by atoms with E-state index in [-0.39, 0.29) is 6.42 Å². The third-order valence-electron chi connectivity index (χ3n) is 4.66. The van der Waals surface area contributed by atoms with Gasteiger partial charge < -0.3 is 15.4 Å². The molecule has 0 bridgehead atoms. The van der Waals surface area contributed by atoms with Crippen LogP contribution >= 0.6 is 11.6 Å². The molecule has 0 fully saturated rings. The maximum absolute atomic E-state index is 12.8. The van der Waals surface area contributed by atoms with Crippen LogP contribution in [0.3, 0.4) is 0 Å². The number of hydroxylamine groups is 2. The number of aliphatic hydroxyl groups is 1. The number of amides is 2. The fraction of sp³-hybridized carbons (Fsp3) is 0.238. The van der Waals surface area contributed by atoms with Crippen LogP contribution in [0, 0.1) is 0 Å². The molecule has 2 amide bonds. The summed E-state index contributed by atoms with van der Waals surface area (Å²) < 4.78 is 0. The average molecular weight is 416 g/mol. The van der Waals surface area contributed by atoms with Gasteiger partial charge >= 0.3 is 0 Å². The summed E-state index contributed by atoms with van der Waals surface area (Å²) >= 11 is 6.00. The summed E-state index contributed by atoms with van der Waals surface area (Å²) in [6.45, 7) is 0. The molecule has 0 saturated heterocycles. The van der Waals surface area contributed by atoms with Gasteiger partial charge in [-0.15, -0.1) is 0 Å². The number of aromatic nitrogens is 1. The lowest BCUT2D eigenvalue weighted by Gasteiger charge is -2.26. The zero-order valence-corrected chi connectivity index (χ0v) is 16.8. The number of hydrogen-bond acceptors (Lipinski definition) is 4. The maximum Gasteiger partial charge on any atom is 0.276 e. The molecule has 7 nitrogen and oxygen atoms in total. The first-order chi connectivity index (χ1) is 13.9. The second-order valence-electron chi connectivity index (χ2n) is 6.65. The van der Waals surface area contributed by atoms with Crippen molar-refractivity contribution in [3.8, 4) is 0 Å². The molecule has 152 valence electrons. The molecule has 0 aliphatic heterocycles. The Bertz CT molecular complexity index is 1010. The van der Waals surface area contributed by atoms with Gasteiger partial charge in [-0.05, 0) is 36.2 Å². The van der Waals surface area contributed by atoms with Crippen molar-refractivity contribution in [1.82, 2.24) is 15.4 Å². The number of nitrogens with one attached hydrogen (secondary N) is 2. The van der Waals surface area contributed by atoms with Crippen LogP contribution in [-0.4, -0.2) is 53.3 Å². The predicted molar refractivity (Wildman–Crippen MR) is 110 cm³/mol. The van der Waals surface area contributed by atoms with Crippen molar-refractivity contribution in [2.75, 3.05) is 14.2 Å². The van der Waals surface area contributed by atoms with E-state index in [1.807, 2.05) is 30.3 Å². The molecule has 3 aromatic rings. The third-order valence-corrected chi connectivity index (χ3v) is 4.90. The summed E-state index contributed by atoms with van der Waals surface area (Å²) in [4.78, 5) is 33.1. The molecule has 0 spiro atoms. The lowest BCUT2D eigenvalue weighted by Crippen LogP contribution is -2.51. The van der Waals surface area contributed by atoms with E-state index in [4.69, 9.17) is 16.4 Å². The van der Waals surface area contributed by atoms with Gasteiger partial charge in [-0.2, -0.15) is 0 Å². The minimum Gasteiger partial charge on any atom is -0.381 e. The molecule has 29 heavy (non-hydrogen) atoms. The van der Waals surface area contributed by atoms with E-state index in [1.165, 1.54) is 14.2 Å². The first-order valence-electron chi connectivity index (χ1n) is 9.02. The van der Waals surface area contributed by atoms with Gasteiger partial charge in [0, 0.05) is 23.0 Å². The zero-order valence-electron chi connectivity index (χ0n) is 16.1. The number of rotatable bonds is 7. The molecule has 8 heteroatoms.